The van der Waals surface area contributed by atoms with Crippen molar-refractivity contribution in [3.63, 3.8) is 0 Å². The Morgan fingerprint density at radius 1 is 1.44 bits per heavy atom. The highest BCUT2D eigenvalue weighted by Crippen LogP contribution is 2.19. The number of hydrogen-bond donors (Lipinski definition) is 0. The molecule has 0 aliphatic rings. The van der Waals surface area contributed by atoms with E-state index in [4.69, 9.17) is 0 Å². The van der Waals surface area contributed by atoms with E-state index in [1.54, 1.807) is 18.7 Å². The second kappa shape index (κ2) is 5.87. The highest BCUT2D eigenvalue weighted by molar-refractivity contribution is 7.99. The van der Waals surface area contributed by atoms with Gasteiger partial charge < -0.3 is 4.57 Å². The first-order valence-electron chi connectivity index (χ1n) is 5.88. The first-order chi connectivity index (χ1) is 8.66. The fourth-order valence-electron chi connectivity index (χ4n) is 1.71. The SMILES string of the molecule is CC(=O)c1cccc(SCCn2ccnc2C)c1. The fourth-order valence-corrected chi connectivity index (χ4v) is 2.62. The van der Waals surface area contributed by atoms with Gasteiger partial charge >= 0.3 is 0 Å². The molecular formula is C14H16N2OS. The molecule has 0 bridgehead atoms. The molecule has 0 aliphatic carbocycles. The van der Waals surface area contributed by atoms with Crippen molar-refractivity contribution < 1.29 is 4.79 Å². The standard InChI is InChI=1S/C14H16N2OS/c1-11(17)13-4-3-5-14(10-13)18-9-8-16-7-6-15-12(16)2/h3-7,10H,8-9H2,1-2H3. The molecule has 2 rings (SSSR count). The number of hydrogen-bond acceptors (Lipinski definition) is 3. The van der Waals surface area contributed by atoms with E-state index in [2.05, 4.69) is 9.55 Å². The lowest BCUT2D eigenvalue weighted by Crippen LogP contribution is -2.01. The smallest absolute Gasteiger partial charge is 0.159 e. The minimum absolute atomic E-state index is 0.114. The largest absolute Gasteiger partial charge is 0.334 e. The predicted octanol–water partition coefficient (Wildman–Crippen LogP) is 3.19. The van der Waals surface area contributed by atoms with Crippen LogP contribution in [-0.4, -0.2) is 21.1 Å². The molecule has 3 nitrogen and oxygen atoms in total. The van der Waals surface area contributed by atoms with Gasteiger partial charge in [-0.15, -0.1) is 11.8 Å². The predicted molar refractivity (Wildman–Crippen MR) is 74.1 cm³/mol. The molecule has 0 radical (unpaired) electrons. The molecule has 0 atom stereocenters. The second-order valence-corrected chi connectivity index (χ2v) is 5.27. The first-order valence-corrected chi connectivity index (χ1v) is 6.87. The highest BCUT2D eigenvalue weighted by Gasteiger charge is 2.02. The van der Waals surface area contributed by atoms with Crippen LogP contribution in [0.4, 0.5) is 0 Å². The Morgan fingerprint density at radius 2 is 2.28 bits per heavy atom. The summed E-state index contributed by atoms with van der Waals surface area (Å²) in [4.78, 5) is 16.6. The number of thioether (sulfide) groups is 1. The Morgan fingerprint density at radius 3 is 2.94 bits per heavy atom. The minimum Gasteiger partial charge on any atom is -0.334 e. The number of benzene rings is 1. The van der Waals surface area contributed by atoms with Crippen molar-refractivity contribution in [3.05, 3.63) is 48.0 Å². The molecule has 0 saturated heterocycles. The zero-order valence-electron chi connectivity index (χ0n) is 10.6. The summed E-state index contributed by atoms with van der Waals surface area (Å²) in [5.41, 5.74) is 0.777. The lowest BCUT2D eigenvalue weighted by atomic mass is 10.2. The summed E-state index contributed by atoms with van der Waals surface area (Å²) in [5, 5.41) is 0. The number of carbonyl (C=O) groups is 1. The Bertz CT molecular complexity index is 548. The van der Waals surface area contributed by atoms with Crippen LogP contribution in [0, 0.1) is 6.92 Å². The van der Waals surface area contributed by atoms with E-state index in [0.29, 0.717) is 0 Å². The van der Waals surface area contributed by atoms with Gasteiger partial charge in [-0.3, -0.25) is 4.79 Å². The Kier molecular flexibility index (Phi) is 4.20. The van der Waals surface area contributed by atoms with Gasteiger partial charge in [-0.05, 0) is 26.0 Å². The monoisotopic (exact) mass is 260 g/mol. The fraction of sp³-hybridized carbons (Fsp3) is 0.286. The Hall–Kier alpha value is -1.55. The molecule has 0 unspecified atom stereocenters. The van der Waals surface area contributed by atoms with E-state index in [9.17, 15) is 4.79 Å². The van der Waals surface area contributed by atoms with Crippen molar-refractivity contribution in [2.24, 2.45) is 0 Å². The molecule has 1 heterocycles. The average molecular weight is 260 g/mol. The van der Waals surface area contributed by atoms with Crippen LogP contribution in [0.15, 0.2) is 41.6 Å². The van der Waals surface area contributed by atoms with Crippen LogP contribution in [0.1, 0.15) is 23.1 Å². The van der Waals surface area contributed by atoms with Crippen molar-refractivity contribution in [1.29, 1.82) is 0 Å². The third kappa shape index (κ3) is 3.23. The van der Waals surface area contributed by atoms with Gasteiger partial charge in [0.15, 0.2) is 5.78 Å². The van der Waals surface area contributed by atoms with E-state index in [1.807, 2.05) is 43.6 Å². The summed E-state index contributed by atoms with van der Waals surface area (Å²) in [6.45, 7) is 4.53. The molecular weight excluding hydrogens is 244 g/mol. The van der Waals surface area contributed by atoms with E-state index >= 15 is 0 Å². The summed E-state index contributed by atoms with van der Waals surface area (Å²) in [7, 11) is 0. The summed E-state index contributed by atoms with van der Waals surface area (Å²) in [6.07, 6.45) is 3.80. The van der Waals surface area contributed by atoms with Gasteiger partial charge in [0.05, 0.1) is 0 Å². The first kappa shape index (κ1) is 12.9. The van der Waals surface area contributed by atoms with Crippen LogP contribution >= 0.6 is 11.8 Å². The van der Waals surface area contributed by atoms with Gasteiger partial charge in [-0.1, -0.05) is 12.1 Å². The van der Waals surface area contributed by atoms with Crippen LogP contribution in [0.5, 0.6) is 0 Å². The number of carbonyl (C=O) groups excluding carboxylic acids is 1. The number of imidazole rings is 1. The molecule has 0 fully saturated rings. The molecule has 1 aromatic heterocycles. The quantitative estimate of drug-likeness (QED) is 0.611. The maximum atomic E-state index is 11.3. The molecule has 0 spiro atoms. The van der Waals surface area contributed by atoms with E-state index in [0.717, 1.165) is 28.6 Å². The van der Waals surface area contributed by atoms with Crippen molar-refractivity contribution >= 4 is 17.5 Å². The van der Waals surface area contributed by atoms with Gasteiger partial charge in [0.2, 0.25) is 0 Å². The van der Waals surface area contributed by atoms with Gasteiger partial charge in [0.25, 0.3) is 0 Å². The molecule has 0 aliphatic heterocycles. The van der Waals surface area contributed by atoms with Crippen LogP contribution in [0.25, 0.3) is 0 Å². The normalized spacial score (nSPS) is 10.6. The summed E-state index contributed by atoms with van der Waals surface area (Å²) in [6, 6.07) is 7.78. The molecule has 0 amide bonds. The van der Waals surface area contributed by atoms with Gasteiger partial charge in [0.1, 0.15) is 5.82 Å². The maximum Gasteiger partial charge on any atom is 0.159 e. The van der Waals surface area contributed by atoms with Crippen molar-refractivity contribution in [2.75, 3.05) is 5.75 Å². The van der Waals surface area contributed by atoms with E-state index in [1.165, 1.54) is 0 Å². The number of aromatic nitrogens is 2. The lowest BCUT2D eigenvalue weighted by molar-refractivity contribution is 0.101. The number of aryl methyl sites for hydroxylation is 2. The molecule has 1 aromatic carbocycles. The Balaban J connectivity index is 1.92. The molecule has 0 saturated carbocycles. The zero-order valence-corrected chi connectivity index (χ0v) is 11.4. The lowest BCUT2D eigenvalue weighted by Gasteiger charge is -2.05. The third-order valence-corrected chi connectivity index (χ3v) is 3.74. The van der Waals surface area contributed by atoms with Gasteiger partial charge in [-0.2, -0.15) is 0 Å². The van der Waals surface area contributed by atoms with E-state index < -0.39 is 0 Å². The zero-order chi connectivity index (χ0) is 13.0. The third-order valence-electron chi connectivity index (χ3n) is 2.77. The summed E-state index contributed by atoms with van der Waals surface area (Å²) >= 11 is 1.76. The number of nitrogens with zero attached hydrogens (tertiary/aromatic N) is 2. The van der Waals surface area contributed by atoms with Crippen LogP contribution in [-0.2, 0) is 6.54 Å². The van der Waals surface area contributed by atoms with Crippen molar-refractivity contribution in [3.8, 4) is 0 Å². The highest BCUT2D eigenvalue weighted by atomic mass is 32.2. The maximum absolute atomic E-state index is 11.3. The Labute approximate surface area is 111 Å². The number of Topliss-reactive ketones (excluding diaryl/α,β-unsaturated/α-hetero) is 1. The average Bonchev–Trinajstić information content (AvgIpc) is 2.76. The second-order valence-electron chi connectivity index (χ2n) is 4.10. The summed E-state index contributed by atoms with van der Waals surface area (Å²) in [5.74, 6) is 2.12. The van der Waals surface area contributed by atoms with Gasteiger partial charge in [-0.25, -0.2) is 4.98 Å². The number of rotatable bonds is 5. The van der Waals surface area contributed by atoms with Crippen LogP contribution < -0.4 is 0 Å². The molecule has 94 valence electrons. The molecule has 0 N–H and O–H groups in total. The molecule has 18 heavy (non-hydrogen) atoms. The van der Waals surface area contributed by atoms with Crippen LogP contribution in [0.3, 0.4) is 0 Å². The summed E-state index contributed by atoms with van der Waals surface area (Å²) < 4.78 is 2.13. The van der Waals surface area contributed by atoms with Crippen LogP contribution in [0.2, 0.25) is 0 Å². The topological polar surface area (TPSA) is 34.9 Å². The molecule has 2 aromatic rings. The molecule has 4 heteroatoms. The van der Waals surface area contributed by atoms with E-state index in [-0.39, 0.29) is 5.78 Å². The number of ketones is 1. The minimum atomic E-state index is 0.114. The van der Waals surface area contributed by atoms with Crippen molar-refractivity contribution in [1.82, 2.24) is 9.55 Å². The van der Waals surface area contributed by atoms with Crippen molar-refractivity contribution in [2.45, 2.75) is 25.3 Å². The van der Waals surface area contributed by atoms with Gasteiger partial charge in [0, 0.05) is 35.2 Å².